The third-order valence-corrected chi connectivity index (χ3v) is 4.44. The van der Waals surface area contributed by atoms with Gasteiger partial charge in [-0.1, -0.05) is 34.1 Å². The van der Waals surface area contributed by atoms with Crippen LogP contribution in [-0.2, 0) is 4.74 Å². The van der Waals surface area contributed by atoms with Crippen molar-refractivity contribution < 1.29 is 14.2 Å². The van der Waals surface area contributed by atoms with Crippen molar-refractivity contribution in [3.63, 3.8) is 0 Å². The molecule has 0 amide bonds. The second-order valence-corrected chi connectivity index (χ2v) is 6.17. The maximum absolute atomic E-state index is 5.92. The van der Waals surface area contributed by atoms with Gasteiger partial charge in [0, 0.05) is 18.4 Å². The molecule has 3 nitrogen and oxygen atoms in total. The molecule has 4 heteroatoms. The summed E-state index contributed by atoms with van der Waals surface area (Å²) in [6.07, 6.45) is 1.19. The molecule has 3 atom stereocenters. The summed E-state index contributed by atoms with van der Waals surface area (Å²) >= 11 is 3.56. The molecule has 1 saturated carbocycles. The van der Waals surface area contributed by atoms with Gasteiger partial charge in [-0.05, 0) is 36.4 Å². The monoisotopic (exact) mass is 348 g/mol. The Labute approximate surface area is 133 Å². The van der Waals surface area contributed by atoms with Crippen molar-refractivity contribution in [3.8, 4) is 17.2 Å². The molecule has 1 fully saturated rings. The molecule has 0 saturated heterocycles. The van der Waals surface area contributed by atoms with Crippen LogP contribution < -0.4 is 9.47 Å². The van der Waals surface area contributed by atoms with Gasteiger partial charge in [0.2, 0.25) is 0 Å². The van der Waals surface area contributed by atoms with Crippen LogP contribution in [0.3, 0.4) is 0 Å². The molecule has 2 aromatic carbocycles. The van der Waals surface area contributed by atoms with Crippen LogP contribution in [0.5, 0.6) is 17.2 Å². The van der Waals surface area contributed by atoms with E-state index in [1.54, 1.807) is 7.11 Å². The minimum atomic E-state index is 0.111. The van der Waals surface area contributed by atoms with E-state index in [2.05, 4.69) is 15.9 Å². The average molecular weight is 349 g/mol. The molecule has 0 N–H and O–H groups in total. The van der Waals surface area contributed by atoms with Gasteiger partial charge in [-0.15, -0.1) is 0 Å². The van der Waals surface area contributed by atoms with Crippen molar-refractivity contribution in [1.29, 1.82) is 0 Å². The highest BCUT2D eigenvalue weighted by molar-refractivity contribution is 9.09. The number of hydrogen-bond acceptors (Lipinski definition) is 3. The molecule has 3 unspecified atom stereocenters. The highest BCUT2D eigenvalue weighted by atomic mass is 79.9. The number of hydrogen-bond donors (Lipinski definition) is 0. The summed E-state index contributed by atoms with van der Waals surface area (Å²) in [6.45, 7) is 0. The summed E-state index contributed by atoms with van der Waals surface area (Å²) in [7, 11) is 1.71. The standard InChI is InChI=1S/C17H17BrO3/c1-19-17-15(18)11-16(17)21-14-9-7-13(8-10-14)20-12-5-3-2-4-6-12/h2-10,15-17H,11H2,1H3. The van der Waals surface area contributed by atoms with Gasteiger partial charge < -0.3 is 14.2 Å². The fraction of sp³-hybridized carbons (Fsp3) is 0.294. The number of para-hydroxylation sites is 1. The van der Waals surface area contributed by atoms with Crippen LogP contribution in [0, 0.1) is 0 Å². The number of ether oxygens (including phenoxy) is 3. The first-order chi connectivity index (χ1) is 10.3. The predicted molar refractivity (Wildman–Crippen MR) is 85.5 cm³/mol. The second-order valence-electron chi connectivity index (χ2n) is 4.99. The molecule has 1 aliphatic carbocycles. The average Bonchev–Trinajstić information content (AvgIpc) is 2.50. The van der Waals surface area contributed by atoms with E-state index in [9.17, 15) is 0 Å². The lowest BCUT2D eigenvalue weighted by atomic mass is 9.91. The lowest BCUT2D eigenvalue weighted by molar-refractivity contribution is -0.0545. The van der Waals surface area contributed by atoms with Crippen LogP contribution in [-0.4, -0.2) is 24.1 Å². The molecule has 0 aromatic heterocycles. The van der Waals surface area contributed by atoms with E-state index >= 15 is 0 Å². The summed E-state index contributed by atoms with van der Waals surface area (Å²) in [6, 6.07) is 17.4. The molecule has 1 aliphatic rings. The molecule has 0 heterocycles. The van der Waals surface area contributed by atoms with Gasteiger partial charge in [-0.25, -0.2) is 0 Å². The highest BCUT2D eigenvalue weighted by Gasteiger charge is 2.41. The largest absolute Gasteiger partial charge is 0.488 e. The first kappa shape index (κ1) is 14.4. The number of benzene rings is 2. The third-order valence-electron chi connectivity index (χ3n) is 3.54. The van der Waals surface area contributed by atoms with E-state index in [-0.39, 0.29) is 12.2 Å². The zero-order valence-corrected chi connectivity index (χ0v) is 13.3. The van der Waals surface area contributed by atoms with E-state index in [0.717, 1.165) is 23.7 Å². The summed E-state index contributed by atoms with van der Waals surface area (Å²) in [5.74, 6) is 2.46. The minimum Gasteiger partial charge on any atom is -0.488 e. The summed E-state index contributed by atoms with van der Waals surface area (Å²) in [5, 5.41) is 0. The van der Waals surface area contributed by atoms with Gasteiger partial charge in [-0.2, -0.15) is 0 Å². The van der Waals surface area contributed by atoms with Gasteiger partial charge in [0.05, 0.1) is 0 Å². The van der Waals surface area contributed by atoms with E-state index in [0.29, 0.717) is 4.83 Å². The molecule has 0 spiro atoms. The first-order valence-corrected chi connectivity index (χ1v) is 7.84. The van der Waals surface area contributed by atoms with Gasteiger partial charge in [0.25, 0.3) is 0 Å². The third kappa shape index (κ3) is 3.39. The van der Waals surface area contributed by atoms with Crippen molar-refractivity contribution in [3.05, 3.63) is 54.6 Å². The lowest BCUT2D eigenvalue weighted by Crippen LogP contribution is -2.51. The SMILES string of the molecule is COC1C(Br)CC1Oc1ccc(Oc2ccccc2)cc1. The number of rotatable bonds is 5. The number of halogens is 1. The van der Waals surface area contributed by atoms with Crippen LogP contribution in [0.1, 0.15) is 6.42 Å². The zero-order valence-electron chi connectivity index (χ0n) is 11.7. The quantitative estimate of drug-likeness (QED) is 0.749. The van der Waals surface area contributed by atoms with Crippen LogP contribution in [0.25, 0.3) is 0 Å². The maximum atomic E-state index is 5.92. The van der Waals surface area contributed by atoms with Crippen molar-refractivity contribution in [2.24, 2.45) is 0 Å². The van der Waals surface area contributed by atoms with Crippen LogP contribution in [0.4, 0.5) is 0 Å². The normalized spacial score (nSPS) is 24.2. The minimum absolute atomic E-state index is 0.111. The Hall–Kier alpha value is -1.52. The second kappa shape index (κ2) is 6.50. The van der Waals surface area contributed by atoms with Gasteiger partial charge >= 0.3 is 0 Å². The van der Waals surface area contributed by atoms with E-state index < -0.39 is 0 Å². The van der Waals surface area contributed by atoms with E-state index in [4.69, 9.17) is 14.2 Å². The maximum Gasteiger partial charge on any atom is 0.127 e. The first-order valence-electron chi connectivity index (χ1n) is 6.93. The molecule has 0 bridgehead atoms. The van der Waals surface area contributed by atoms with Crippen molar-refractivity contribution >= 4 is 15.9 Å². The fourth-order valence-electron chi connectivity index (χ4n) is 2.33. The summed E-state index contributed by atoms with van der Waals surface area (Å²) in [5.41, 5.74) is 0. The Balaban J connectivity index is 1.60. The van der Waals surface area contributed by atoms with Crippen LogP contribution >= 0.6 is 15.9 Å². The number of methoxy groups -OCH3 is 1. The molecule has 2 aromatic rings. The number of alkyl halides is 1. The lowest BCUT2D eigenvalue weighted by Gasteiger charge is -2.40. The Kier molecular flexibility index (Phi) is 4.46. The molecular weight excluding hydrogens is 332 g/mol. The summed E-state index contributed by atoms with van der Waals surface area (Å²) < 4.78 is 17.1. The summed E-state index contributed by atoms with van der Waals surface area (Å²) in [4.78, 5) is 0.383. The van der Waals surface area contributed by atoms with Crippen LogP contribution in [0.2, 0.25) is 0 Å². The molecule has 3 rings (SSSR count). The molecule has 110 valence electrons. The molecular formula is C17H17BrO3. The van der Waals surface area contributed by atoms with Crippen molar-refractivity contribution in [1.82, 2.24) is 0 Å². The van der Waals surface area contributed by atoms with Gasteiger partial charge in [0.15, 0.2) is 0 Å². The topological polar surface area (TPSA) is 27.7 Å². The molecule has 0 radical (unpaired) electrons. The van der Waals surface area contributed by atoms with E-state index in [1.165, 1.54) is 0 Å². The zero-order chi connectivity index (χ0) is 14.7. The smallest absolute Gasteiger partial charge is 0.127 e. The van der Waals surface area contributed by atoms with Gasteiger partial charge in [0.1, 0.15) is 29.5 Å². The molecule has 21 heavy (non-hydrogen) atoms. The Morgan fingerprint density at radius 1 is 0.905 bits per heavy atom. The van der Waals surface area contributed by atoms with Crippen molar-refractivity contribution in [2.45, 2.75) is 23.5 Å². The van der Waals surface area contributed by atoms with Crippen LogP contribution in [0.15, 0.2) is 54.6 Å². The van der Waals surface area contributed by atoms with Crippen molar-refractivity contribution in [2.75, 3.05) is 7.11 Å². The fourth-order valence-corrected chi connectivity index (χ4v) is 3.25. The highest BCUT2D eigenvalue weighted by Crippen LogP contribution is 2.34. The van der Waals surface area contributed by atoms with E-state index in [1.807, 2.05) is 54.6 Å². The van der Waals surface area contributed by atoms with Gasteiger partial charge in [-0.3, -0.25) is 0 Å². The Morgan fingerprint density at radius 2 is 1.52 bits per heavy atom. The predicted octanol–water partition coefficient (Wildman–Crippen LogP) is 4.41. The Bertz CT molecular complexity index is 570. The Morgan fingerprint density at radius 3 is 2.14 bits per heavy atom. The molecule has 0 aliphatic heterocycles.